The maximum absolute atomic E-state index is 14.1. The van der Waals surface area contributed by atoms with Crippen molar-refractivity contribution in [3.05, 3.63) is 59.7 Å². The van der Waals surface area contributed by atoms with Crippen LogP contribution in [0.3, 0.4) is 0 Å². The Kier molecular flexibility index (Phi) is 13.2. The third kappa shape index (κ3) is 10.7. The number of Topliss-reactive ketones (excluding diaryl/α,β-unsaturated/α-hetero) is 1. The lowest BCUT2D eigenvalue weighted by atomic mass is 9.84. The van der Waals surface area contributed by atoms with Crippen LogP contribution in [0.2, 0.25) is 0 Å². The number of carbonyl (C=O) groups is 6. The van der Waals surface area contributed by atoms with Crippen LogP contribution < -0.4 is 33.7 Å². The Morgan fingerprint density at radius 3 is 1.84 bits per heavy atom. The van der Waals surface area contributed by atoms with Crippen molar-refractivity contribution in [2.75, 3.05) is 33.0 Å². The number of amides is 3. The van der Waals surface area contributed by atoms with Gasteiger partial charge >= 0.3 is 11.9 Å². The number of aliphatic imine (C=N–C) groups is 2. The second kappa shape index (κ2) is 17.1. The van der Waals surface area contributed by atoms with E-state index in [-0.39, 0.29) is 50.0 Å². The van der Waals surface area contributed by atoms with Crippen molar-refractivity contribution >= 4 is 58.7 Å². The van der Waals surface area contributed by atoms with Gasteiger partial charge in [0.05, 0.1) is 16.8 Å². The Labute approximate surface area is 294 Å². The zero-order chi connectivity index (χ0) is 37.9. The minimum Gasteiger partial charge on any atom is -0.427 e. The monoisotopic (exact) mass is 708 g/mol. The van der Waals surface area contributed by atoms with Gasteiger partial charge in [0.25, 0.3) is 17.7 Å². The number of esters is 2. The van der Waals surface area contributed by atoms with Crippen LogP contribution >= 0.6 is 0 Å². The molecule has 51 heavy (non-hydrogen) atoms. The average Bonchev–Trinajstić information content (AvgIpc) is 3.04. The number of nitrogens with one attached hydrogen (secondary N) is 2. The van der Waals surface area contributed by atoms with E-state index in [0.717, 1.165) is 4.90 Å². The molecule has 10 N–H and O–H groups in total. The Bertz CT molecular complexity index is 1680. The summed E-state index contributed by atoms with van der Waals surface area (Å²) in [4.78, 5) is 87.4. The molecule has 1 atom stereocenters. The van der Waals surface area contributed by atoms with Crippen LogP contribution in [-0.2, 0) is 28.7 Å². The first-order valence-electron chi connectivity index (χ1n) is 15.8. The first kappa shape index (κ1) is 39.4. The summed E-state index contributed by atoms with van der Waals surface area (Å²) in [7, 11) is 0. The van der Waals surface area contributed by atoms with E-state index in [9.17, 15) is 28.8 Å². The number of carbonyl (C=O) groups excluding carboxylic acids is 6. The summed E-state index contributed by atoms with van der Waals surface area (Å²) in [6.07, 6.45) is -0.0346. The fraction of sp³-hybridized carbons (Fsp3) is 0.394. The largest absolute Gasteiger partial charge is 0.427 e. The summed E-state index contributed by atoms with van der Waals surface area (Å²) >= 11 is 0. The highest BCUT2D eigenvalue weighted by atomic mass is 16.7. The van der Waals surface area contributed by atoms with Crippen LogP contribution in [-0.4, -0.2) is 95.8 Å². The summed E-state index contributed by atoms with van der Waals surface area (Å²) in [5, 5.41) is 4.00. The number of nitrogens with two attached hydrogens (primary N) is 4. The van der Waals surface area contributed by atoms with Crippen molar-refractivity contribution in [2.45, 2.75) is 46.1 Å². The van der Waals surface area contributed by atoms with E-state index in [4.69, 9.17) is 32.4 Å². The van der Waals surface area contributed by atoms with Crippen LogP contribution in [0.5, 0.6) is 0 Å². The Morgan fingerprint density at radius 1 is 0.824 bits per heavy atom. The number of hydrazine groups is 1. The predicted octanol–water partition coefficient (Wildman–Crippen LogP) is -0.0866. The molecule has 0 aliphatic carbocycles. The summed E-state index contributed by atoms with van der Waals surface area (Å²) in [5.74, 6) is -4.20. The number of hydrogen-bond acceptors (Lipinski definition) is 11. The van der Waals surface area contributed by atoms with Gasteiger partial charge in [0, 0.05) is 30.8 Å². The van der Waals surface area contributed by atoms with Crippen LogP contribution in [0.4, 0.5) is 11.4 Å². The number of hydrogen-bond donors (Lipinski definition) is 6. The highest BCUT2D eigenvalue weighted by molar-refractivity contribution is 6.11. The van der Waals surface area contributed by atoms with Crippen molar-refractivity contribution in [3.63, 3.8) is 0 Å². The van der Waals surface area contributed by atoms with Gasteiger partial charge in [0.2, 0.25) is 6.79 Å². The third-order valence-electron chi connectivity index (χ3n) is 7.63. The molecule has 0 spiro atoms. The zero-order valence-corrected chi connectivity index (χ0v) is 28.9. The van der Waals surface area contributed by atoms with Gasteiger partial charge in [-0.15, -0.1) is 0 Å². The lowest BCUT2D eigenvalue weighted by molar-refractivity contribution is -0.177. The number of rotatable bonds is 14. The normalized spacial score (nSPS) is 16.0. The van der Waals surface area contributed by atoms with E-state index >= 15 is 0 Å². The zero-order valence-electron chi connectivity index (χ0n) is 28.9. The van der Waals surface area contributed by atoms with Crippen molar-refractivity contribution in [3.8, 4) is 0 Å². The summed E-state index contributed by atoms with van der Waals surface area (Å²) in [6, 6.07) is 12.1. The molecule has 2 aromatic carbocycles. The summed E-state index contributed by atoms with van der Waals surface area (Å²) in [6.45, 7) is 4.82. The molecule has 3 amide bonds. The van der Waals surface area contributed by atoms with Gasteiger partial charge in [0.1, 0.15) is 6.54 Å². The highest BCUT2D eigenvalue weighted by Crippen LogP contribution is 2.29. The first-order valence-corrected chi connectivity index (χ1v) is 15.8. The maximum atomic E-state index is 14.1. The molecule has 1 heterocycles. The molecule has 0 unspecified atom stereocenters. The highest BCUT2D eigenvalue weighted by Gasteiger charge is 2.54. The first-order chi connectivity index (χ1) is 23.9. The van der Waals surface area contributed by atoms with Crippen molar-refractivity contribution < 1.29 is 38.2 Å². The lowest BCUT2D eigenvalue weighted by Crippen LogP contribution is -2.73. The Hall–Kier alpha value is -6.04. The third-order valence-corrected chi connectivity index (χ3v) is 7.63. The number of piperazine rings is 1. The second-order valence-electron chi connectivity index (χ2n) is 12.6. The van der Waals surface area contributed by atoms with Crippen LogP contribution in [0.1, 0.15) is 61.3 Å². The molecule has 274 valence electrons. The quantitative estimate of drug-likeness (QED) is 0.0374. The van der Waals surface area contributed by atoms with Crippen molar-refractivity contribution in [1.29, 1.82) is 0 Å². The predicted molar refractivity (Wildman–Crippen MR) is 186 cm³/mol. The minimum atomic E-state index is -1.96. The number of ether oxygens (including phenoxy) is 2. The van der Waals surface area contributed by atoms with E-state index in [0.29, 0.717) is 16.9 Å². The van der Waals surface area contributed by atoms with Crippen LogP contribution in [0.25, 0.3) is 0 Å². The summed E-state index contributed by atoms with van der Waals surface area (Å²) < 4.78 is 10.0. The van der Waals surface area contributed by atoms with Gasteiger partial charge in [0.15, 0.2) is 23.2 Å². The number of guanidine groups is 2. The second-order valence-corrected chi connectivity index (χ2v) is 12.6. The molecule has 2 aromatic rings. The number of nitrogens with zero attached hydrogens (tertiary/aromatic N) is 4. The molecule has 18 heteroatoms. The van der Waals surface area contributed by atoms with Gasteiger partial charge in [-0.25, -0.2) is 9.98 Å². The lowest BCUT2D eigenvalue weighted by Gasteiger charge is -2.47. The summed E-state index contributed by atoms with van der Waals surface area (Å²) in [5.41, 5.74) is 22.9. The molecule has 0 saturated carbocycles. The molecule has 1 aliphatic rings. The van der Waals surface area contributed by atoms with E-state index in [1.165, 1.54) is 48.3 Å². The molecule has 1 aliphatic heterocycles. The van der Waals surface area contributed by atoms with E-state index in [1.54, 1.807) is 32.9 Å². The number of ketones is 1. The van der Waals surface area contributed by atoms with E-state index in [1.807, 2.05) is 0 Å². The smallest absolute Gasteiger partial charge is 0.328 e. The minimum absolute atomic E-state index is 0.0476. The fourth-order valence-corrected chi connectivity index (χ4v) is 5.03. The molecule has 1 fully saturated rings. The van der Waals surface area contributed by atoms with Crippen molar-refractivity contribution in [1.82, 2.24) is 20.7 Å². The van der Waals surface area contributed by atoms with Gasteiger partial charge < -0.3 is 42.6 Å². The topological polar surface area (TPSA) is 280 Å². The Balaban J connectivity index is 1.79. The molecule has 0 aromatic heterocycles. The van der Waals surface area contributed by atoms with Gasteiger partial charge in [-0.05, 0) is 89.1 Å². The molecule has 0 radical (unpaired) electrons. The standard InChI is InChI=1S/C33H44N10O8/c1-20(44)33(14-5-15-38-26(46)21-6-10-23(11-7-21)39-30(34)35)28(48)42(18-25(45)50-19-51-29(49)32(2,3)4)16-17-43(33)41-27(47)22-8-12-24(13-9-22)40-31(36)37/h6-13H,5,14-19H2,1-4H3,(H,38,46)(H,41,47)(H4,34,35,39)(H4,36,37,40)/t33-/m0/s1. The average molecular weight is 709 g/mol. The van der Waals surface area contributed by atoms with Gasteiger partial charge in [-0.1, -0.05) is 0 Å². The Morgan fingerprint density at radius 2 is 1.35 bits per heavy atom. The van der Waals surface area contributed by atoms with Crippen LogP contribution in [0.15, 0.2) is 58.5 Å². The van der Waals surface area contributed by atoms with Gasteiger partial charge in [-0.2, -0.15) is 5.01 Å². The number of benzene rings is 2. The van der Waals surface area contributed by atoms with E-state index in [2.05, 4.69) is 20.7 Å². The molecule has 0 bridgehead atoms. The molecular formula is C33H44N10O8. The SMILES string of the molecule is CC(=O)[C@@]1(CCCNC(=O)c2ccc(N=C(N)N)cc2)C(=O)N(CC(=O)OCOC(=O)C(C)(C)C)CCN1NC(=O)c1ccc(N=C(N)N)cc1. The maximum Gasteiger partial charge on any atom is 0.328 e. The van der Waals surface area contributed by atoms with Gasteiger partial charge in [-0.3, -0.25) is 34.2 Å². The van der Waals surface area contributed by atoms with Crippen LogP contribution in [0, 0.1) is 5.41 Å². The molecule has 18 nitrogen and oxygen atoms in total. The molecular weight excluding hydrogens is 664 g/mol. The van der Waals surface area contributed by atoms with E-state index < -0.39 is 59.7 Å². The fourth-order valence-electron chi connectivity index (χ4n) is 5.03. The molecule has 1 saturated heterocycles. The molecule has 3 rings (SSSR count). The van der Waals surface area contributed by atoms with Crippen molar-refractivity contribution in [2.24, 2.45) is 38.3 Å².